The van der Waals surface area contributed by atoms with E-state index in [2.05, 4.69) is 39.4 Å². The number of nitrogens with zero attached hydrogens (tertiary/aromatic N) is 6. The SMILES string of the molecule is C=CCCC(=O)N(C)[C@@H](C)[C@@H](OC(=O)[C@H]1[C@@H]2O[C@@]3(CC2Br)[C@@H]1C(=O)N([C@H](C)CO)[C@@H]3C(=O)N(CC=C)Cn1nnc2ccccc21)c1ccccc1. The zero-order valence-electron chi connectivity index (χ0n) is 29.6. The Hall–Kier alpha value is -4.40. The van der Waals surface area contributed by atoms with Crippen LogP contribution in [0.5, 0.6) is 0 Å². The maximum atomic E-state index is 14.8. The van der Waals surface area contributed by atoms with Crippen molar-refractivity contribution < 1.29 is 33.8 Å². The van der Waals surface area contributed by atoms with Crippen molar-refractivity contribution in [3.63, 3.8) is 0 Å². The highest BCUT2D eigenvalue weighted by molar-refractivity contribution is 9.09. The first-order valence-corrected chi connectivity index (χ1v) is 18.4. The van der Waals surface area contributed by atoms with E-state index in [1.807, 2.05) is 61.5 Å². The molecular formula is C38H45BrN6O7. The molecule has 3 aliphatic heterocycles. The Bertz CT molecular complexity index is 1840. The number of aromatic nitrogens is 3. The molecule has 14 heteroatoms. The van der Waals surface area contributed by atoms with Gasteiger partial charge in [0.1, 0.15) is 29.9 Å². The summed E-state index contributed by atoms with van der Waals surface area (Å²) in [6.07, 6.45) is 2.67. The van der Waals surface area contributed by atoms with Crippen molar-refractivity contribution in [3.8, 4) is 0 Å². The topological polar surface area (TPSA) is 147 Å². The van der Waals surface area contributed by atoms with Gasteiger partial charge in [0.15, 0.2) is 0 Å². The Labute approximate surface area is 311 Å². The van der Waals surface area contributed by atoms with E-state index < -0.39 is 72.2 Å². The van der Waals surface area contributed by atoms with E-state index in [0.29, 0.717) is 17.5 Å². The Balaban J connectivity index is 1.34. The minimum atomic E-state index is -1.39. The molecule has 3 saturated heterocycles. The van der Waals surface area contributed by atoms with Crippen molar-refractivity contribution in [2.24, 2.45) is 11.8 Å². The number of aliphatic hydroxyl groups is 1. The van der Waals surface area contributed by atoms with Gasteiger partial charge >= 0.3 is 5.97 Å². The first-order valence-electron chi connectivity index (χ1n) is 17.5. The van der Waals surface area contributed by atoms with E-state index in [9.17, 15) is 24.3 Å². The van der Waals surface area contributed by atoms with Crippen LogP contribution in [0.4, 0.5) is 0 Å². The summed E-state index contributed by atoms with van der Waals surface area (Å²) in [5.41, 5.74) is 0.674. The van der Waals surface area contributed by atoms with Crippen LogP contribution < -0.4 is 0 Å². The quantitative estimate of drug-likeness (QED) is 0.139. The molecule has 1 N–H and O–H groups in total. The summed E-state index contributed by atoms with van der Waals surface area (Å²) in [4.78, 5) is 61.1. The van der Waals surface area contributed by atoms with Gasteiger partial charge < -0.3 is 29.3 Å². The molecule has 0 radical (unpaired) electrons. The minimum Gasteiger partial charge on any atom is -0.455 e. The number of benzene rings is 2. The van der Waals surface area contributed by atoms with Crippen LogP contribution in [0.15, 0.2) is 79.9 Å². The molecule has 3 aliphatic rings. The van der Waals surface area contributed by atoms with Crippen LogP contribution in [0.3, 0.4) is 0 Å². The average Bonchev–Trinajstić information content (AvgIpc) is 3.88. The second kappa shape index (κ2) is 15.3. The third-order valence-electron chi connectivity index (χ3n) is 10.7. The monoisotopic (exact) mass is 776 g/mol. The van der Waals surface area contributed by atoms with Crippen LogP contribution in [0.1, 0.15) is 44.8 Å². The maximum Gasteiger partial charge on any atom is 0.313 e. The van der Waals surface area contributed by atoms with Gasteiger partial charge in [0.25, 0.3) is 0 Å². The van der Waals surface area contributed by atoms with E-state index in [1.165, 1.54) is 9.80 Å². The lowest BCUT2D eigenvalue weighted by atomic mass is 9.70. The molecule has 0 aliphatic carbocycles. The predicted octanol–water partition coefficient (Wildman–Crippen LogP) is 3.63. The Morgan fingerprint density at radius 3 is 2.54 bits per heavy atom. The number of amides is 3. The van der Waals surface area contributed by atoms with Crippen molar-refractivity contribution in [1.82, 2.24) is 29.7 Å². The molecule has 3 amide bonds. The standard InChI is InChI=1S/C38H45BrN6O7/c1-6-8-18-29(47)42(5)24(4)32(25-14-10-9-11-15-25)51-37(50)30-31-35(48)45(23(3)21-46)34(38(31)20-26(39)33(30)52-38)36(49)43(19-7-2)22-44-28-17-13-12-16-27(28)40-41-44/h6-7,9-17,23-24,26,30-34,46H,1-2,8,18-22H2,3-5H3/t23-,24+,26?,30-,31+,32-,33-,34-,38+/m1/s1. The third kappa shape index (κ3) is 6.45. The number of allylic oxidation sites excluding steroid dienone is 1. The van der Waals surface area contributed by atoms with E-state index >= 15 is 0 Å². The number of hydrogen-bond acceptors (Lipinski definition) is 9. The molecule has 0 saturated carbocycles. The number of alkyl halides is 1. The Morgan fingerprint density at radius 1 is 1.13 bits per heavy atom. The molecule has 52 heavy (non-hydrogen) atoms. The van der Waals surface area contributed by atoms with E-state index in [4.69, 9.17) is 9.47 Å². The second-order valence-corrected chi connectivity index (χ2v) is 15.0. The van der Waals surface area contributed by atoms with Gasteiger partial charge in [0, 0.05) is 24.8 Å². The number of rotatable bonds is 15. The van der Waals surface area contributed by atoms with E-state index in [-0.39, 0.29) is 36.8 Å². The zero-order chi connectivity index (χ0) is 37.3. The molecule has 1 unspecified atom stereocenters. The number of fused-ring (bicyclic) bond motifs is 2. The number of esters is 1. The second-order valence-electron chi connectivity index (χ2n) is 13.8. The summed E-state index contributed by atoms with van der Waals surface area (Å²) in [6, 6.07) is 14.1. The molecule has 3 aromatic rings. The number of aliphatic hydroxyl groups excluding tert-OH is 1. The fraction of sp³-hybridized carbons (Fsp3) is 0.474. The van der Waals surface area contributed by atoms with Gasteiger partial charge in [-0.1, -0.05) is 75.8 Å². The summed E-state index contributed by atoms with van der Waals surface area (Å²) in [7, 11) is 1.67. The summed E-state index contributed by atoms with van der Waals surface area (Å²) < 4.78 is 14.6. The zero-order valence-corrected chi connectivity index (χ0v) is 31.2. The molecule has 3 fully saturated rings. The lowest BCUT2D eigenvalue weighted by molar-refractivity contribution is -0.165. The number of ether oxygens (including phenoxy) is 2. The van der Waals surface area contributed by atoms with Crippen LogP contribution in [0.2, 0.25) is 0 Å². The van der Waals surface area contributed by atoms with Gasteiger partial charge in [-0.05, 0) is 44.4 Å². The van der Waals surface area contributed by atoms with E-state index in [0.717, 1.165) is 5.52 Å². The van der Waals surface area contributed by atoms with Crippen molar-refractivity contribution >= 4 is 50.7 Å². The number of likely N-dealkylation sites (N-methyl/N-ethyl adjacent to an activating group) is 1. The largest absolute Gasteiger partial charge is 0.455 e. The number of likely N-dealkylation sites (tertiary alicyclic amines) is 1. The number of carbonyl (C=O) groups is 4. The number of carbonyl (C=O) groups excluding carboxylic acids is 4. The fourth-order valence-corrected chi connectivity index (χ4v) is 8.97. The lowest BCUT2D eigenvalue weighted by Crippen LogP contribution is -2.58. The molecule has 276 valence electrons. The molecule has 1 spiro atoms. The highest BCUT2D eigenvalue weighted by Crippen LogP contribution is 2.61. The molecule has 2 bridgehead atoms. The summed E-state index contributed by atoms with van der Waals surface area (Å²) in [5, 5.41) is 18.8. The minimum absolute atomic E-state index is 0.0144. The predicted molar refractivity (Wildman–Crippen MR) is 195 cm³/mol. The molecule has 2 aromatic carbocycles. The number of para-hydroxylation sites is 1. The lowest BCUT2D eigenvalue weighted by Gasteiger charge is -2.38. The average molecular weight is 778 g/mol. The number of hydrogen-bond donors (Lipinski definition) is 1. The van der Waals surface area contributed by atoms with Crippen molar-refractivity contribution in [2.45, 2.75) is 80.5 Å². The normalized spacial score (nSPS) is 26.4. The van der Waals surface area contributed by atoms with Crippen molar-refractivity contribution in [2.75, 3.05) is 20.2 Å². The summed E-state index contributed by atoms with van der Waals surface area (Å²) >= 11 is 3.72. The van der Waals surface area contributed by atoms with Gasteiger partial charge in [0.2, 0.25) is 17.7 Å². The van der Waals surface area contributed by atoms with Gasteiger partial charge in [-0.3, -0.25) is 19.2 Å². The number of halogens is 1. The highest BCUT2D eigenvalue weighted by atomic mass is 79.9. The fourth-order valence-electron chi connectivity index (χ4n) is 8.03. The van der Waals surface area contributed by atoms with Gasteiger partial charge in [-0.25, -0.2) is 4.68 Å². The van der Waals surface area contributed by atoms with Crippen LogP contribution in [-0.4, -0.2) is 113 Å². The third-order valence-corrected chi connectivity index (χ3v) is 11.6. The highest BCUT2D eigenvalue weighted by Gasteiger charge is 2.77. The van der Waals surface area contributed by atoms with Gasteiger partial charge in [-0.2, -0.15) is 0 Å². The summed E-state index contributed by atoms with van der Waals surface area (Å²) in [5.74, 6) is -3.81. The first-order chi connectivity index (χ1) is 25.0. The van der Waals surface area contributed by atoms with Crippen molar-refractivity contribution in [3.05, 3.63) is 85.5 Å². The molecule has 9 atom stereocenters. The van der Waals surface area contributed by atoms with Crippen molar-refractivity contribution in [1.29, 1.82) is 0 Å². The van der Waals surface area contributed by atoms with E-state index in [1.54, 1.807) is 35.7 Å². The van der Waals surface area contributed by atoms with Gasteiger partial charge in [-0.15, -0.1) is 18.3 Å². The van der Waals surface area contributed by atoms with Crippen LogP contribution in [0, 0.1) is 11.8 Å². The van der Waals surface area contributed by atoms with Crippen LogP contribution >= 0.6 is 15.9 Å². The Morgan fingerprint density at radius 2 is 1.85 bits per heavy atom. The molecule has 1 aromatic heterocycles. The Kier molecular flexibility index (Phi) is 11.0. The summed E-state index contributed by atoms with van der Waals surface area (Å²) in [6.45, 7) is 10.8. The molecule has 13 nitrogen and oxygen atoms in total. The van der Waals surface area contributed by atoms with Gasteiger partial charge in [0.05, 0.1) is 42.1 Å². The molecule has 4 heterocycles. The smallest absolute Gasteiger partial charge is 0.313 e. The van der Waals surface area contributed by atoms with Crippen LogP contribution in [0.25, 0.3) is 11.0 Å². The van der Waals surface area contributed by atoms with Crippen LogP contribution in [-0.2, 0) is 35.3 Å². The molecule has 6 rings (SSSR count). The molecular weight excluding hydrogens is 732 g/mol. The first kappa shape index (κ1) is 37.4. The maximum absolute atomic E-state index is 14.8.